The van der Waals surface area contributed by atoms with Gasteiger partial charge in [-0.3, -0.25) is 4.90 Å². The fourth-order valence-corrected chi connectivity index (χ4v) is 2.17. The normalized spacial score (nSPS) is 25.1. The summed E-state index contributed by atoms with van der Waals surface area (Å²) in [4.78, 5) is 13.5. The van der Waals surface area contributed by atoms with E-state index >= 15 is 0 Å². The van der Waals surface area contributed by atoms with E-state index in [1.165, 1.54) is 4.90 Å². The number of likely N-dealkylation sites (tertiary alicyclic amines) is 1. The first-order valence-corrected chi connectivity index (χ1v) is 6.54. The summed E-state index contributed by atoms with van der Waals surface area (Å²) in [5.41, 5.74) is -0.505. The number of rotatable bonds is 3. The molecule has 1 saturated heterocycles. The second-order valence-electron chi connectivity index (χ2n) is 5.74. The number of carbonyl (C=O) groups is 1. The minimum atomic E-state index is -0.674. The van der Waals surface area contributed by atoms with Crippen LogP contribution in [0.2, 0.25) is 0 Å². The van der Waals surface area contributed by atoms with Crippen LogP contribution in [0.1, 0.15) is 59.8 Å². The molecule has 1 N–H and O–H groups in total. The lowest BCUT2D eigenvalue weighted by Gasteiger charge is -2.30. The largest absolute Gasteiger partial charge is 0.444 e. The molecule has 1 unspecified atom stereocenters. The van der Waals surface area contributed by atoms with E-state index in [4.69, 9.17) is 4.74 Å². The molecular weight excluding hydrogens is 218 g/mol. The van der Waals surface area contributed by atoms with Gasteiger partial charge in [-0.2, -0.15) is 0 Å². The highest BCUT2D eigenvalue weighted by Crippen LogP contribution is 2.28. The van der Waals surface area contributed by atoms with Gasteiger partial charge in [-0.25, -0.2) is 4.79 Å². The second kappa shape index (κ2) is 5.71. The minimum Gasteiger partial charge on any atom is -0.444 e. The smallest absolute Gasteiger partial charge is 0.412 e. The Morgan fingerprint density at radius 1 is 1.41 bits per heavy atom. The maximum Gasteiger partial charge on any atom is 0.412 e. The van der Waals surface area contributed by atoms with Crippen LogP contribution in [0.3, 0.4) is 0 Å². The molecule has 2 atom stereocenters. The van der Waals surface area contributed by atoms with Crippen LogP contribution in [0.15, 0.2) is 0 Å². The van der Waals surface area contributed by atoms with Gasteiger partial charge in [0.2, 0.25) is 0 Å². The number of amides is 1. The molecule has 1 rings (SSSR count). The molecule has 100 valence electrons. The zero-order valence-corrected chi connectivity index (χ0v) is 11.4. The van der Waals surface area contributed by atoms with Crippen LogP contribution >= 0.6 is 0 Å². The molecule has 1 aliphatic heterocycles. The second-order valence-corrected chi connectivity index (χ2v) is 5.74. The number of nitrogens with zero attached hydrogens (tertiary/aromatic N) is 1. The van der Waals surface area contributed by atoms with Gasteiger partial charge in [0.05, 0.1) is 0 Å². The summed E-state index contributed by atoms with van der Waals surface area (Å²) in [6, 6.07) is 0.139. The predicted octanol–water partition coefficient (Wildman–Crippen LogP) is 2.89. The van der Waals surface area contributed by atoms with Gasteiger partial charge in [0, 0.05) is 6.04 Å². The average molecular weight is 243 g/mol. The van der Waals surface area contributed by atoms with Crippen LogP contribution in [0, 0.1) is 0 Å². The van der Waals surface area contributed by atoms with Gasteiger partial charge in [0.1, 0.15) is 11.8 Å². The Kier molecular flexibility index (Phi) is 4.80. The summed E-state index contributed by atoms with van der Waals surface area (Å²) in [5, 5.41) is 9.85. The summed E-state index contributed by atoms with van der Waals surface area (Å²) >= 11 is 0. The molecule has 0 aromatic carbocycles. The Morgan fingerprint density at radius 2 is 2.06 bits per heavy atom. The van der Waals surface area contributed by atoms with Crippen LogP contribution < -0.4 is 0 Å². The Hall–Kier alpha value is -0.770. The van der Waals surface area contributed by atoms with Crippen molar-refractivity contribution in [2.45, 2.75) is 77.7 Å². The monoisotopic (exact) mass is 243 g/mol. The lowest BCUT2D eigenvalue weighted by Crippen LogP contribution is -2.44. The van der Waals surface area contributed by atoms with Crippen molar-refractivity contribution < 1.29 is 14.6 Å². The van der Waals surface area contributed by atoms with E-state index in [1.807, 2.05) is 20.8 Å². The molecule has 1 heterocycles. The number of aliphatic hydroxyl groups is 1. The van der Waals surface area contributed by atoms with Gasteiger partial charge in [-0.15, -0.1) is 0 Å². The first-order valence-electron chi connectivity index (χ1n) is 6.54. The van der Waals surface area contributed by atoms with Gasteiger partial charge in [-0.1, -0.05) is 19.8 Å². The summed E-state index contributed by atoms with van der Waals surface area (Å²) in [7, 11) is 0. The van der Waals surface area contributed by atoms with E-state index in [1.54, 1.807) is 0 Å². The summed E-state index contributed by atoms with van der Waals surface area (Å²) in [5.74, 6) is 0. The number of hydrogen-bond acceptors (Lipinski definition) is 3. The van der Waals surface area contributed by atoms with Gasteiger partial charge in [-0.05, 0) is 40.0 Å². The van der Waals surface area contributed by atoms with Crippen molar-refractivity contribution in [2.75, 3.05) is 0 Å². The highest BCUT2D eigenvalue weighted by atomic mass is 16.6. The van der Waals surface area contributed by atoms with Gasteiger partial charge in [0.25, 0.3) is 0 Å². The number of aliphatic hydroxyl groups excluding tert-OH is 1. The number of carbonyl (C=O) groups excluding carboxylic acids is 1. The van der Waals surface area contributed by atoms with Crippen molar-refractivity contribution in [3.8, 4) is 0 Å². The van der Waals surface area contributed by atoms with E-state index in [9.17, 15) is 9.90 Å². The lowest BCUT2D eigenvalue weighted by atomic mass is 10.1. The Bertz CT molecular complexity index is 260. The third-order valence-corrected chi connectivity index (χ3v) is 2.97. The van der Waals surface area contributed by atoms with E-state index in [2.05, 4.69) is 6.92 Å². The third kappa shape index (κ3) is 4.19. The third-order valence-electron chi connectivity index (χ3n) is 2.97. The van der Waals surface area contributed by atoms with Crippen LogP contribution in [0.5, 0.6) is 0 Å². The van der Waals surface area contributed by atoms with Crippen molar-refractivity contribution in [1.29, 1.82) is 0 Å². The summed E-state index contributed by atoms with van der Waals surface area (Å²) < 4.78 is 5.33. The molecule has 0 aromatic heterocycles. The van der Waals surface area contributed by atoms with Crippen molar-refractivity contribution in [2.24, 2.45) is 0 Å². The van der Waals surface area contributed by atoms with E-state index in [0.717, 1.165) is 25.7 Å². The average Bonchev–Trinajstić information content (AvgIpc) is 2.54. The van der Waals surface area contributed by atoms with Gasteiger partial charge in [0.15, 0.2) is 0 Å². The van der Waals surface area contributed by atoms with Crippen molar-refractivity contribution in [1.82, 2.24) is 4.90 Å². The minimum absolute atomic E-state index is 0.139. The Balaban J connectivity index is 2.60. The molecular formula is C13H25NO3. The molecule has 0 aliphatic carbocycles. The van der Waals surface area contributed by atoms with Crippen molar-refractivity contribution in [3.05, 3.63) is 0 Å². The predicted molar refractivity (Wildman–Crippen MR) is 66.6 cm³/mol. The molecule has 0 spiro atoms. The van der Waals surface area contributed by atoms with Crippen molar-refractivity contribution >= 4 is 6.09 Å². The molecule has 0 saturated carbocycles. The standard InChI is InChI=1S/C13H25NO3/c1-5-6-7-10-8-9-11(15)14(10)12(16)17-13(2,3)4/h10-11,15H,5-9H2,1-4H3/t10-,11?/m1/s1. The first-order chi connectivity index (χ1) is 7.85. The highest BCUT2D eigenvalue weighted by molar-refractivity contribution is 5.69. The van der Waals surface area contributed by atoms with Crippen LogP contribution in [0.25, 0.3) is 0 Å². The van der Waals surface area contributed by atoms with Crippen LogP contribution in [0.4, 0.5) is 4.79 Å². The topological polar surface area (TPSA) is 49.8 Å². The van der Waals surface area contributed by atoms with Crippen molar-refractivity contribution in [3.63, 3.8) is 0 Å². The summed E-state index contributed by atoms with van der Waals surface area (Å²) in [6.45, 7) is 7.65. The van der Waals surface area contributed by atoms with Gasteiger partial charge < -0.3 is 9.84 Å². The Morgan fingerprint density at radius 3 is 2.59 bits per heavy atom. The van der Waals surface area contributed by atoms with E-state index in [-0.39, 0.29) is 12.1 Å². The maximum atomic E-state index is 12.0. The fourth-order valence-electron chi connectivity index (χ4n) is 2.17. The zero-order chi connectivity index (χ0) is 13.1. The maximum absolute atomic E-state index is 12.0. The van der Waals surface area contributed by atoms with E-state index in [0.29, 0.717) is 6.42 Å². The molecule has 0 radical (unpaired) electrons. The highest BCUT2D eigenvalue weighted by Gasteiger charge is 2.37. The number of unbranched alkanes of at least 4 members (excludes halogenated alkanes) is 1. The summed E-state index contributed by atoms with van der Waals surface area (Å²) in [6.07, 6.45) is 3.61. The molecule has 0 bridgehead atoms. The van der Waals surface area contributed by atoms with Gasteiger partial charge >= 0.3 is 6.09 Å². The quantitative estimate of drug-likeness (QED) is 0.829. The molecule has 1 fully saturated rings. The zero-order valence-electron chi connectivity index (χ0n) is 11.4. The molecule has 17 heavy (non-hydrogen) atoms. The molecule has 4 heteroatoms. The molecule has 1 amide bonds. The van der Waals surface area contributed by atoms with E-state index < -0.39 is 11.8 Å². The SMILES string of the molecule is CCCC[C@@H]1CCC(O)N1C(=O)OC(C)(C)C. The molecule has 0 aromatic rings. The molecule has 1 aliphatic rings. The Labute approximate surface area is 104 Å². The molecule has 4 nitrogen and oxygen atoms in total. The number of hydrogen-bond donors (Lipinski definition) is 1. The van der Waals surface area contributed by atoms with Crippen LogP contribution in [-0.2, 0) is 4.74 Å². The first kappa shape index (κ1) is 14.3. The lowest BCUT2D eigenvalue weighted by molar-refractivity contribution is -0.0252. The number of ether oxygens (including phenoxy) is 1. The fraction of sp³-hybridized carbons (Fsp3) is 0.923. The van der Waals surface area contributed by atoms with Crippen LogP contribution in [-0.4, -0.2) is 34.0 Å².